The maximum atomic E-state index is 11.7. The number of hydrogen-bond acceptors (Lipinski definition) is 5. The highest BCUT2D eigenvalue weighted by Gasteiger charge is 2.13. The zero-order valence-electron chi connectivity index (χ0n) is 12.6. The SMILES string of the molecule is CC=CC(=O)Oc1ccc(CN)cc1-n1nc2ccccc2n1. The normalized spacial score (nSPS) is 11.2. The number of ether oxygens (including phenoxy) is 1. The van der Waals surface area contributed by atoms with Crippen LogP contribution >= 0.6 is 0 Å². The lowest BCUT2D eigenvalue weighted by molar-refractivity contribution is -0.129. The molecule has 3 aromatic rings. The summed E-state index contributed by atoms with van der Waals surface area (Å²) in [5.41, 5.74) is 8.69. The van der Waals surface area contributed by atoms with Crippen LogP contribution in [0.2, 0.25) is 0 Å². The molecule has 23 heavy (non-hydrogen) atoms. The lowest BCUT2D eigenvalue weighted by atomic mass is 10.2. The summed E-state index contributed by atoms with van der Waals surface area (Å²) in [6, 6.07) is 12.9. The van der Waals surface area contributed by atoms with Crippen LogP contribution < -0.4 is 10.5 Å². The van der Waals surface area contributed by atoms with E-state index in [4.69, 9.17) is 10.5 Å². The summed E-state index contributed by atoms with van der Waals surface area (Å²) in [4.78, 5) is 13.2. The van der Waals surface area contributed by atoms with Gasteiger partial charge in [-0.1, -0.05) is 24.3 Å². The zero-order valence-corrected chi connectivity index (χ0v) is 12.6. The molecule has 1 aromatic heterocycles. The average Bonchev–Trinajstić information content (AvgIpc) is 2.99. The Balaban J connectivity index is 2.09. The highest BCUT2D eigenvalue weighted by molar-refractivity contribution is 5.84. The van der Waals surface area contributed by atoms with Gasteiger partial charge in [0.2, 0.25) is 0 Å². The van der Waals surface area contributed by atoms with Crippen molar-refractivity contribution >= 4 is 17.0 Å². The van der Waals surface area contributed by atoms with Crippen molar-refractivity contribution in [1.82, 2.24) is 15.0 Å². The summed E-state index contributed by atoms with van der Waals surface area (Å²) in [5.74, 6) is -0.0726. The van der Waals surface area contributed by atoms with Crippen LogP contribution in [0.25, 0.3) is 16.7 Å². The first-order valence-electron chi connectivity index (χ1n) is 7.21. The molecule has 0 spiro atoms. The van der Waals surface area contributed by atoms with Gasteiger partial charge < -0.3 is 10.5 Å². The minimum Gasteiger partial charge on any atom is -0.421 e. The van der Waals surface area contributed by atoms with Crippen LogP contribution in [0.4, 0.5) is 0 Å². The molecule has 0 fully saturated rings. The van der Waals surface area contributed by atoms with E-state index in [2.05, 4.69) is 10.2 Å². The first-order valence-corrected chi connectivity index (χ1v) is 7.21. The number of nitrogens with two attached hydrogens (primary N) is 1. The Bertz CT molecular complexity index is 850. The van der Waals surface area contributed by atoms with Gasteiger partial charge >= 0.3 is 5.97 Å². The number of carbonyl (C=O) groups excluding carboxylic acids is 1. The fraction of sp³-hybridized carbons (Fsp3) is 0.118. The number of esters is 1. The lowest BCUT2D eigenvalue weighted by Crippen LogP contribution is -2.09. The molecular weight excluding hydrogens is 292 g/mol. The molecule has 0 aliphatic heterocycles. The number of hydrogen-bond donors (Lipinski definition) is 1. The molecule has 0 atom stereocenters. The molecular formula is C17H16N4O2. The number of rotatable bonds is 4. The molecule has 116 valence electrons. The van der Waals surface area contributed by atoms with E-state index in [1.807, 2.05) is 36.4 Å². The molecule has 2 N–H and O–H groups in total. The zero-order chi connectivity index (χ0) is 16.2. The van der Waals surface area contributed by atoms with Gasteiger partial charge in [-0.3, -0.25) is 0 Å². The first kappa shape index (κ1) is 14.9. The summed E-state index contributed by atoms with van der Waals surface area (Å²) >= 11 is 0. The molecule has 2 aromatic carbocycles. The average molecular weight is 308 g/mol. The monoisotopic (exact) mass is 308 g/mol. The van der Waals surface area contributed by atoms with Gasteiger partial charge in [-0.2, -0.15) is 0 Å². The molecule has 0 unspecified atom stereocenters. The Hall–Kier alpha value is -2.99. The minimum absolute atomic E-state index is 0.372. The van der Waals surface area contributed by atoms with Crippen molar-refractivity contribution in [3.63, 3.8) is 0 Å². The number of nitrogens with zero attached hydrogens (tertiary/aromatic N) is 3. The standard InChI is InChI=1S/C17H16N4O2/c1-2-5-17(22)23-16-9-8-12(11-18)10-15(16)21-19-13-6-3-4-7-14(13)20-21/h2-10H,11,18H2,1H3. The van der Waals surface area contributed by atoms with Gasteiger partial charge in [0.15, 0.2) is 5.75 Å². The van der Waals surface area contributed by atoms with Gasteiger partial charge in [0, 0.05) is 12.6 Å². The fourth-order valence-corrected chi connectivity index (χ4v) is 2.18. The van der Waals surface area contributed by atoms with E-state index in [0.717, 1.165) is 16.6 Å². The quantitative estimate of drug-likeness (QED) is 0.454. The topological polar surface area (TPSA) is 83.0 Å². The summed E-state index contributed by atoms with van der Waals surface area (Å²) in [6.07, 6.45) is 2.98. The highest BCUT2D eigenvalue weighted by atomic mass is 16.5. The van der Waals surface area contributed by atoms with Crippen LogP contribution in [0.5, 0.6) is 5.75 Å². The van der Waals surface area contributed by atoms with Crippen LogP contribution in [0.1, 0.15) is 12.5 Å². The largest absolute Gasteiger partial charge is 0.421 e. The van der Waals surface area contributed by atoms with Gasteiger partial charge in [-0.25, -0.2) is 4.79 Å². The van der Waals surface area contributed by atoms with Crippen molar-refractivity contribution in [2.24, 2.45) is 5.73 Å². The van der Waals surface area contributed by atoms with E-state index < -0.39 is 5.97 Å². The van der Waals surface area contributed by atoms with Crippen molar-refractivity contribution in [2.45, 2.75) is 13.5 Å². The summed E-state index contributed by atoms with van der Waals surface area (Å²) in [5, 5.41) is 8.86. The third-order valence-electron chi connectivity index (χ3n) is 3.27. The minimum atomic E-state index is -0.453. The Labute approximate surface area is 133 Å². The number of allylic oxidation sites excluding steroid dienone is 1. The van der Waals surface area contributed by atoms with Gasteiger partial charge in [0.05, 0.1) is 0 Å². The molecule has 0 saturated carbocycles. The van der Waals surface area contributed by atoms with Crippen LogP contribution in [-0.2, 0) is 11.3 Å². The van der Waals surface area contributed by atoms with Crippen molar-refractivity contribution in [2.75, 3.05) is 0 Å². The van der Waals surface area contributed by atoms with E-state index in [1.165, 1.54) is 10.9 Å². The predicted molar refractivity (Wildman–Crippen MR) is 87.2 cm³/mol. The van der Waals surface area contributed by atoms with Crippen LogP contribution in [0.3, 0.4) is 0 Å². The van der Waals surface area contributed by atoms with Gasteiger partial charge in [0.1, 0.15) is 16.7 Å². The third-order valence-corrected chi connectivity index (χ3v) is 3.27. The van der Waals surface area contributed by atoms with Crippen molar-refractivity contribution in [1.29, 1.82) is 0 Å². The molecule has 0 aliphatic rings. The number of aromatic nitrogens is 3. The Morgan fingerprint density at radius 2 is 1.91 bits per heavy atom. The van der Waals surface area contributed by atoms with E-state index in [0.29, 0.717) is 18.0 Å². The molecule has 0 bridgehead atoms. The lowest BCUT2D eigenvalue weighted by Gasteiger charge is -2.09. The maximum absolute atomic E-state index is 11.7. The molecule has 0 aliphatic carbocycles. The summed E-state index contributed by atoms with van der Waals surface area (Å²) in [7, 11) is 0. The Kier molecular flexibility index (Phi) is 4.16. The smallest absolute Gasteiger partial charge is 0.335 e. The molecule has 1 heterocycles. The van der Waals surface area contributed by atoms with E-state index in [1.54, 1.807) is 19.1 Å². The van der Waals surface area contributed by atoms with Crippen molar-refractivity contribution in [3.05, 3.63) is 60.2 Å². The second-order valence-corrected chi connectivity index (χ2v) is 4.91. The highest BCUT2D eigenvalue weighted by Crippen LogP contribution is 2.24. The third kappa shape index (κ3) is 3.12. The number of carbonyl (C=O) groups is 1. The van der Waals surface area contributed by atoms with Gasteiger partial charge in [-0.05, 0) is 36.8 Å². The summed E-state index contributed by atoms with van der Waals surface area (Å²) in [6.45, 7) is 2.12. The second-order valence-electron chi connectivity index (χ2n) is 4.91. The van der Waals surface area contributed by atoms with E-state index in [9.17, 15) is 4.79 Å². The molecule has 0 saturated heterocycles. The van der Waals surface area contributed by atoms with Gasteiger partial charge in [-0.15, -0.1) is 15.0 Å². The van der Waals surface area contributed by atoms with Crippen molar-refractivity contribution < 1.29 is 9.53 Å². The van der Waals surface area contributed by atoms with E-state index >= 15 is 0 Å². The predicted octanol–water partition coefficient (Wildman–Crippen LogP) is 2.36. The van der Waals surface area contributed by atoms with E-state index in [-0.39, 0.29) is 0 Å². The molecule has 3 rings (SSSR count). The molecule has 6 heteroatoms. The Morgan fingerprint density at radius 3 is 2.52 bits per heavy atom. The number of benzene rings is 2. The number of fused-ring (bicyclic) bond motifs is 1. The second kappa shape index (κ2) is 6.41. The van der Waals surface area contributed by atoms with Crippen LogP contribution in [0.15, 0.2) is 54.6 Å². The maximum Gasteiger partial charge on any atom is 0.335 e. The summed E-state index contributed by atoms with van der Waals surface area (Å²) < 4.78 is 5.37. The molecule has 0 amide bonds. The fourth-order valence-electron chi connectivity index (χ4n) is 2.18. The molecule has 0 radical (unpaired) electrons. The molecule has 6 nitrogen and oxygen atoms in total. The Morgan fingerprint density at radius 1 is 1.22 bits per heavy atom. The van der Waals surface area contributed by atoms with Crippen LogP contribution in [0, 0.1) is 0 Å². The first-order chi connectivity index (χ1) is 11.2. The van der Waals surface area contributed by atoms with Crippen molar-refractivity contribution in [3.8, 4) is 11.4 Å². The van der Waals surface area contributed by atoms with Crippen LogP contribution in [-0.4, -0.2) is 21.0 Å². The van der Waals surface area contributed by atoms with Gasteiger partial charge in [0.25, 0.3) is 0 Å².